The second kappa shape index (κ2) is 7.23. The van der Waals surface area contributed by atoms with Crippen LogP contribution < -0.4 is 5.32 Å². The Morgan fingerprint density at radius 1 is 1.22 bits per heavy atom. The van der Waals surface area contributed by atoms with E-state index >= 15 is 0 Å². The molecule has 0 fully saturated rings. The number of fused-ring (bicyclic) bond motifs is 1. The lowest BCUT2D eigenvalue weighted by Crippen LogP contribution is -2.28. The summed E-state index contributed by atoms with van der Waals surface area (Å²) in [6, 6.07) is 4.76. The van der Waals surface area contributed by atoms with Gasteiger partial charge in [-0.3, -0.25) is 0 Å². The average Bonchev–Trinajstić information content (AvgIpc) is 2.52. The fraction of sp³-hybridized carbons (Fsp3) is 0.500. The van der Waals surface area contributed by atoms with Crippen LogP contribution in [0.1, 0.15) is 26.7 Å². The molecule has 1 unspecified atom stereocenters. The Morgan fingerprint density at radius 3 is 2.52 bits per heavy atom. The second-order valence-corrected chi connectivity index (χ2v) is 7.71. The molecule has 1 heterocycles. The molecular weight excluding hydrogens is 314 g/mol. The molecule has 2 N–H and O–H groups in total. The molecule has 0 spiro atoms. The van der Waals surface area contributed by atoms with Crippen molar-refractivity contribution in [3.63, 3.8) is 0 Å². The van der Waals surface area contributed by atoms with Gasteiger partial charge >= 0.3 is 0 Å². The Balaban J connectivity index is 2.30. The van der Waals surface area contributed by atoms with Gasteiger partial charge in [0.2, 0.25) is 0 Å². The number of aliphatic hydroxyl groups is 1. The van der Waals surface area contributed by atoms with Crippen LogP contribution in [0.2, 0.25) is 0 Å². The maximum absolute atomic E-state index is 11.7. The topological polar surface area (TPSA) is 92.2 Å². The average molecular weight is 337 g/mol. The van der Waals surface area contributed by atoms with E-state index < -0.39 is 15.9 Å². The van der Waals surface area contributed by atoms with Crippen LogP contribution in [0.3, 0.4) is 0 Å². The van der Waals surface area contributed by atoms with Gasteiger partial charge in [-0.25, -0.2) is 18.4 Å². The van der Waals surface area contributed by atoms with Gasteiger partial charge in [-0.15, -0.1) is 0 Å². The molecule has 0 amide bonds. The van der Waals surface area contributed by atoms with Crippen molar-refractivity contribution in [2.24, 2.45) is 5.92 Å². The van der Waals surface area contributed by atoms with Crippen LogP contribution in [0.25, 0.3) is 10.9 Å². The maximum Gasteiger partial charge on any atom is 0.175 e. The number of hydrogen-bond donors (Lipinski definition) is 2. The van der Waals surface area contributed by atoms with Crippen LogP contribution in [0.4, 0.5) is 5.82 Å². The van der Waals surface area contributed by atoms with E-state index in [1.165, 1.54) is 18.6 Å². The summed E-state index contributed by atoms with van der Waals surface area (Å²) in [5.74, 6) is 0.757. The molecule has 2 aromatic rings. The minimum atomic E-state index is -3.30. The van der Waals surface area contributed by atoms with Crippen molar-refractivity contribution in [2.45, 2.75) is 37.7 Å². The molecule has 0 saturated heterocycles. The second-order valence-electron chi connectivity index (χ2n) is 5.70. The first-order valence-corrected chi connectivity index (χ1v) is 9.62. The van der Waals surface area contributed by atoms with Gasteiger partial charge in [0.25, 0.3) is 0 Å². The summed E-state index contributed by atoms with van der Waals surface area (Å²) < 4.78 is 23.4. The van der Waals surface area contributed by atoms with Gasteiger partial charge in [0, 0.05) is 18.2 Å². The summed E-state index contributed by atoms with van der Waals surface area (Å²) in [6.45, 7) is 4.47. The predicted molar refractivity (Wildman–Crippen MR) is 91.2 cm³/mol. The lowest BCUT2D eigenvalue weighted by molar-refractivity contribution is 0.114. The zero-order valence-corrected chi connectivity index (χ0v) is 14.5. The fourth-order valence-corrected chi connectivity index (χ4v) is 3.26. The Hall–Kier alpha value is -1.73. The largest absolute Gasteiger partial charge is 0.391 e. The van der Waals surface area contributed by atoms with E-state index in [1.54, 1.807) is 12.1 Å². The third-order valence-electron chi connectivity index (χ3n) is 4.11. The maximum atomic E-state index is 11.7. The number of aromatic nitrogens is 2. The van der Waals surface area contributed by atoms with Crippen molar-refractivity contribution in [2.75, 3.05) is 18.1 Å². The van der Waals surface area contributed by atoms with Crippen molar-refractivity contribution < 1.29 is 13.5 Å². The molecule has 1 aromatic heterocycles. The van der Waals surface area contributed by atoms with Gasteiger partial charge in [0.15, 0.2) is 9.84 Å². The molecular formula is C16H23N3O3S. The molecule has 0 radical (unpaired) electrons. The highest BCUT2D eigenvalue weighted by atomic mass is 32.2. The Labute approximate surface area is 136 Å². The van der Waals surface area contributed by atoms with Crippen LogP contribution in [0.5, 0.6) is 0 Å². The zero-order chi connectivity index (χ0) is 17.0. The van der Waals surface area contributed by atoms with Gasteiger partial charge < -0.3 is 10.4 Å². The molecule has 0 aliphatic carbocycles. The van der Waals surface area contributed by atoms with Crippen LogP contribution in [-0.4, -0.2) is 42.4 Å². The van der Waals surface area contributed by atoms with Crippen molar-refractivity contribution in [3.05, 3.63) is 24.5 Å². The number of anilines is 1. The van der Waals surface area contributed by atoms with Crippen LogP contribution >= 0.6 is 0 Å². The molecule has 1 aromatic carbocycles. The quantitative estimate of drug-likeness (QED) is 0.805. The van der Waals surface area contributed by atoms with Crippen molar-refractivity contribution in [3.8, 4) is 0 Å². The number of benzene rings is 1. The normalized spacial score (nSPS) is 13.4. The van der Waals surface area contributed by atoms with Crippen molar-refractivity contribution in [1.29, 1.82) is 0 Å². The third kappa shape index (κ3) is 4.17. The fourth-order valence-electron chi connectivity index (χ4n) is 2.61. The Kier molecular flexibility index (Phi) is 5.54. The highest BCUT2D eigenvalue weighted by Crippen LogP contribution is 2.23. The Bertz CT molecular complexity index is 773. The van der Waals surface area contributed by atoms with E-state index in [1.807, 2.05) is 0 Å². The van der Waals surface area contributed by atoms with Crippen LogP contribution in [0, 0.1) is 5.92 Å². The van der Waals surface area contributed by atoms with Crippen molar-refractivity contribution in [1.82, 2.24) is 9.97 Å². The Morgan fingerprint density at radius 2 is 1.91 bits per heavy atom. The monoisotopic (exact) mass is 337 g/mol. The molecule has 6 nitrogen and oxygen atoms in total. The third-order valence-corrected chi connectivity index (χ3v) is 5.22. The number of aliphatic hydroxyl groups excluding tert-OH is 1. The SMILES string of the molecule is CCC(CC)C(O)CNc1ncnc2ccc(S(C)(=O)=O)cc12. The highest BCUT2D eigenvalue weighted by Gasteiger charge is 2.16. The number of nitrogens with one attached hydrogen (secondary N) is 1. The summed E-state index contributed by atoms with van der Waals surface area (Å²) in [4.78, 5) is 8.56. The summed E-state index contributed by atoms with van der Waals surface area (Å²) in [5.41, 5.74) is 0.659. The molecule has 23 heavy (non-hydrogen) atoms. The smallest absolute Gasteiger partial charge is 0.175 e. The van der Waals surface area contributed by atoms with E-state index in [2.05, 4.69) is 29.1 Å². The summed E-state index contributed by atoms with van der Waals surface area (Å²) >= 11 is 0. The van der Waals surface area contributed by atoms with Gasteiger partial charge in [-0.2, -0.15) is 0 Å². The summed E-state index contributed by atoms with van der Waals surface area (Å²) in [7, 11) is -3.30. The summed E-state index contributed by atoms with van der Waals surface area (Å²) in [6.07, 6.45) is 3.92. The number of rotatable bonds is 7. The van der Waals surface area contributed by atoms with E-state index in [0.29, 0.717) is 23.3 Å². The standard InChI is InChI=1S/C16H23N3O3S/c1-4-11(5-2)15(20)9-17-16-13-8-12(23(3,21)22)6-7-14(13)18-10-19-16/h6-8,10-11,15,20H,4-5,9H2,1-3H3,(H,17,18,19). The van der Waals surface area contributed by atoms with Gasteiger partial charge in [0.1, 0.15) is 12.1 Å². The number of nitrogens with zero attached hydrogens (tertiary/aromatic N) is 2. The van der Waals surface area contributed by atoms with Crippen LogP contribution in [0.15, 0.2) is 29.4 Å². The van der Waals surface area contributed by atoms with Gasteiger partial charge in [-0.1, -0.05) is 26.7 Å². The first-order valence-electron chi connectivity index (χ1n) is 7.73. The van der Waals surface area contributed by atoms with Crippen molar-refractivity contribution >= 4 is 26.6 Å². The first kappa shape index (κ1) is 17.6. The molecule has 0 saturated carbocycles. The highest BCUT2D eigenvalue weighted by molar-refractivity contribution is 7.90. The molecule has 1 atom stereocenters. The van der Waals surface area contributed by atoms with E-state index in [0.717, 1.165) is 12.8 Å². The molecule has 7 heteroatoms. The minimum absolute atomic E-state index is 0.224. The first-order chi connectivity index (χ1) is 10.9. The lowest BCUT2D eigenvalue weighted by Gasteiger charge is -2.21. The predicted octanol–water partition coefficient (Wildman–Crippen LogP) is 2.24. The zero-order valence-electron chi connectivity index (χ0n) is 13.7. The number of sulfone groups is 1. The molecule has 0 aliphatic heterocycles. The number of hydrogen-bond acceptors (Lipinski definition) is 6. The van der Waals surface area contributed by atoms with Gasteiger partial charge in [-0.05, 0) is 24.1 Å². The van der Waals surface area contributed by atoms with Gasteiger partial charge in [0.05, 0.1) is 16.5 Å². The summed E-state index contributed by atoms with van der Waals surface area (Å²) in [5, 5.41) is 14.0. The molecule has 2 rings (SSSR count). The van der Waals surface area contributed by atoms with E-state index in [9.17, 15) is 13.5 Å². The van der Waals surface area contributed by atoms with Crippen LogP contribution in [-0.2, 0) is 9.84 Å². The molecule has 0 aliphatic rings. The molecule has 0 bridgehead atoms. The minimum Gasteiger partial charge on any atom is -0.391 e. The lowest BCUT2D eigenvalue weighted by atomic mass is 9.96. The molecule has 126 valence electrons. The van der Waals surface area contributed by atoms with E-state index in [4.69, 9.17) is 0 Å². The van der Waals surface area contributed by atoms with E-state index in [-0.39, 0.29) is 10.8 Å².